The van der Waals surface area contributed by atoms with Crippen LogP contribution in [0.3, 0.4) is 0 Å². The molecule has 0 unspecified atom stereocenters. The molecule has 0 aliphatic heterocycles. The molecule has 17 heteroatoms. The molecule has 0 amide bonds. The van der Waals surface area contributed by atoms with E-state index in [1.165, 1.54) is 45.9 Å². The molecule has 0 atom stereocenters. The van der Waals surface area contributed by atoms with Crippen molar-refractivity contribution in [1.29, 1.82) is 0 Å². The number of ether oxygens (including phenoxy) is 1. The minimum atomic E-state index is -4.85. The van der Waals surface area contributed by atoms with Gasteiger partial charge in [0.15, 0.2) is 9.84 Å². The summed E-state index contributed by atoms with van der Waals surface area (Å²) >= 11 is 6.60. The number of hydrogen-bond donors (Lipinski definition) is 0. The summed E-state index contributed by atoms with van der Waals surface area (Å²) < 4.78 is 111. The molecule has 0 N–H and O–H groups in total. The van der Waals surface area contributed by atoms with Crippen LogP contribution in [0.4, 0.5) is 31.1 Å². The Labute approximate surface area is 246 Å². The van der Waals surface area contributed by atoms with Gasteiger partial charge in [-0.2, -0.15) is 26.3 Å². The summed E-state index contributed by atoms with van der Waals surface area (Å²) in [5.74, 6) is -0.428. The molecule has 0 radical (unpaired) electrons. The molecule has 0 bridgehead atoms. The number of sulfone groups is 1. The SMILES string of the molecule is CCS(=O)(=O)c1cc2c(nc1-c1c(Cl)c3ncc(C(F)(F)F)cc3n1C(=O)OC(C)(C)C)CC(=NOCC(F)(F)F)C=C2. The molecule has 1 aliphatic rings. The maximum atomic E-state index is 13.6. The van der Waals surface area contributed by atoms with Gasteiger partial charge in [0, 0.05) is 12.6 Å². The zero-order chi connectivity index (χ0) is 32.1. The predicted molar refractivity (Wildman–Crippen MR) is 145 cm³/mol. The maximum absolute atomic E-state index is 13.6. The number of carbonyl (C=O) groups is 1. The van der Waals surface area contributed by atoms with E-state index in [4.69, 9.17) is 16.3 Å². The van der Waals surface area contributed by atoms with Crippen LogP contribution >= 0.6 is 11.6 Å². The summed E-state index contributed by atoms with van der Waals surface area (Å²) in [6, 6.07) is 1.85. The van der Waals surface area contributed by atoms with E-state index in [0.29, 0.717) is 16.8 Å². The van der Waals surface area contributed by atoms with Crippen LogP contribution in [-0.4, -0.2) is 58.9 Å². The average Bonchev–Trinajstić information content (AvgIpc) is 3.17. The first-order valence-corrected chi connectivity index (χ1v) is 14.5. The van der Waals surface area contributed by atoms with Crippen molar-refractivity contribution < 1.29 is 49.1 Å². The molecule has 9 nitrogen and oxygen atoms in total. The van der Waals surface area contributed by atoms with Crippen molar-refractivity contribution in [3.63, 3.8) is 0 Å². The van der Waals surface area contributed by atoms with E-state index in [0.717, 1.165) is 0 Å². The Morgan fingerprint density at radius 2 is 1.79 bits per heavy atom. The van der Waals surface area contributed by atoms with Gasteiger partial charge in [0.05, 0.1) is 38.2 Å². The number of aromatic nitrogens is 3. The van der Waals surface area contributed by atoms with Gasteiger partial charge in [0.1, 0.15) is 22.5 Å². The Morgan fingerprint density at radius 1 is 1.12 bits per heavy atom. The molecule has 3 aromatic heterocycles. The standard InChI is InChI=1S/C26H23ClF6N4O5S/c1-5-43(39,40)18-8-13-6-7-15(36-41-12-25(28,29)30)10-16(13)35-21(18)22-19(27)20-17(9-14(11-34-20)26(31,32)33)37(22)23(38)42-24(2,3)4/h6-9,11H,5,10,12H2,1-4H3. The van der Waals surface area contributed by atoms with E-state index in [2.05, 4.69) is 20.0 Å². The van der Waals surface area contributed by atoms with Crippen LogP contribution in [0.15, 0.2) is 34.5 Å². The summed E-state index contributed by atoms with van der Waals surface area (Å²) in [7, 11) is -4.12. The number of pyridine rings is 2. The Bertz CT molecular complexity index is 1770. The Kier molecular flexibility index (Phi) is 8.34. The molecule has 0 saturated carbocycles. The highest BCUT2D eigenvalue weighted by molar-refractivity contribution is 7.91. The molecular weight excluding hydrogens is 630 g/mol. The van der Waals surface area contributed by atoms with Crippen LogP contribution in [0.1, 0.15) is 44.5 Å². The second kappa shape index (κ2) is 11.1. The number of oxime groups is 1. The number of hydrogen-bond acceptors (Lipinski definition) is 8. The summed E-state index contributed by atoms with van der Waals surface area (Å²) in [4.78, 5) is 25.6. The zero-order valence-electron chi connectivity index (χ0n) is 22.9. The summed E-state index contributed by atoms with van der Waals surface area (Å²) in [6.45, 7) is 4.22. The van der Waals surface area contributed by atoms with Crippen LogP contribution in [0.2, 0.25) is 5.02 Å². The number of halogens is 7. The fourth-order valence-electron chi connectivity index (χ4n) is 4.05. The third kappa shape index (κ3) is 6.95. The monoisotopic (exact) mass is 652 g/mol. The Hall–Kier alpha value is -3.66. The predicted octanol–water partition coefficient (Wildman–Crippen LogP) is 6.85. The number of rotatable bonds is 5. The van der Waals surface area contributed by atoms with Crippen LogP contribution < -0.4 is 0 Å². The molecule has 0 fully saturated rings. The Balaban J connectivity index is 2.02. The smallest absolute Gasteiger partial charge is 0.425 e. The van der Waals surface area contributed by atoms with Crippen molar-refractivity contribution in [2.24, 2.45) is 5.16 Å². The van der Waals surface area contributed by atoms with E-state index in [1.54, 1.807) is 0 Å². The minimum Gasteiger partial charge on any atom is -0.443 e. The topological polar surface area (TPSA) is 113 Å². The lowest BCUT2D eigenvalue weighted by molar-refractivity contribution is -0.173. The lowest BCUT2D eigenvalue weighted by Crippen LogP contribution is -2.28. The lowest BCUT2D eigenvalue weighted by atomic mass is 10.0. The average molecular weight is 653 g/mol. The number of fused-ring (bicyclic) bond motifs is 2. The normalized spacial score (nSPS) is 15.2. The van der Waals surface area contributed by atoms with Crippen molar-refractivity contribution in [1.82, 2.24) is 14.5 Å². The fourth-order valence-corrected chi connectivity index (χ4v) is 5.42. The number of nitrogens with zero attached hydrogens (tertiary/aromatic N) is 4. The van der Waals surface area contributed by atoms with Gasteiger partial charge in [-0.05, 0) is 44.5 Å². The second-order valence-electron chi connectivity index (χ2n) is 10.3. The molecule has 0 spiro atoms. The van der Waals surface area contributed by atoms with Gasteiger partial charge < -0.3 is 9.57 Å². The minimum absolute atomic E-state index is 0.0107. The van der Waals surface area contributed by atoms with E-state index in [1.807, 2.05) is 0 Å². The van der Waals surface area contributed by atoms with Gasteiger partial charge in [-0.15, -0.1) is 0 Å². The van der Waals surface area contributed by atoms with Crippen molar-refractivity contribution in [3.05, 3.63) is 46.2 Å². The highest BCUT2D eigenvalue weighted by atomic mass is 35.5. The largest absolute Gasteiger partial charge is 0.443 e. The summed E-state index contributed by atoms with van der Waals surface area (Å²) in [5, 5.41) is 3.07. The fraction of sp³-hybridized carbons (Fsp3) is 0.385. The molecule has 4 rings (SSSR count). The lowest BCUT2D eigenvalue weighted by Gasteiger charge is -2.22. The van der Waals surface area contributed by atoms with E-state index in [9.17, 15) is 39.6 Å². The Morgan fingerprint density at radius 3 is 2.37 bits per heavy atom. The highest BCUT2D eigenvalue weighted by Crippen LogP contribution is 2.42. The molecule has 1 aliphatic carbocycles. The summed E-state index contributed by atoms with van der Waals surface area (Å²) in [5.41, 5.74) is -3.47. The van der Waals surface area contributed by atoms with Gasteiger partial charge in [-0.25, -0.2) is 22.8 Å². The van der Waals surface area contributed by atoms with Gasteiger partial charge >= 0.3 is 18.4 Å². The van der Waals surface area contributed by atoms with Crippen molar-refractivity contribution in [2.75, 3.05) is 12.4 Å². The molecule has 3 heterocycles. The van der Waals surface area contributed by atoms with Gasteiger partial charge in [0.25, 0.3) is 0 Å². The zero-order valence-corrected chi connectivity index (χ0v) is 24.5. The van der Waals surface area contributed by atoms with Crippen LogP contribution in [0.5, 0.6) is 0 Å². The van der Waals surface area contributed by atoms with Crippen LogP contribution in [0.25, 0.3) is 28.5 Å². The molecule has 0 aromatic carbocycles. The van der Waals surface area contributed by atoms with Gasteiger partial charge in [-0.1, -0.05) is 29.8 Å². The number of carbonyl (C=O) groups excluding carboxylic acids is 1. The molecule has 43 heavy (non-hydrogen) atoms. The second-order valence-corrected chi connectivity index (χ2v) is 12.9. The number of allylic oxidation sites excluding steroid dienone is 1. The van der Waals surface area contributed by atoms with Gasteiger partial charge in [0.2, 0.25) is 6.61 Å². The van der Waals surface area contributed by atoms with Crippen molar-refractivity contribution in [3.8, 4) is 11.4 Å². The molecular formula is C26H23ClF6N4O5S. The molecule has 232 valence electrons. The third-order valence-corrected chi connectivity index (χ3v) is 8.00. The first-order valence-electron chi connectivity index (χ1n) is 12.4. The highest BCUT2D eigenvalue weighted by Gasteiger charge is 2.36. The van der Waals surface area contributed by atoms with Crippen molar-refractivity contribution in [2.45, 2.75) is 57.0 Å². The number of alkyl halides is 6. The van der Waals surface area contributed by atoms with E-state index >= 15 is 0 Å². The van der Waals surface area contributed by atoms with Crippen molar-refractivity contribution >= 4 is 50.4 Å². The quantitative estimate of drug-likeness (QED) is 0.219. The molecule has 3 aromatic rings. The third-order valence-electron chi connectivity index (χ3n) is 5.90. The van der Waals surface area contributed by atoms with Crippen LogP contribution in [-0.2, 0) is 32.0 Å². The first-order chi connectivity index (χ1) is 19.7. The van der Waals surface area contributed by atoms with E-state index < -0.39 is 73.6 Å². The summed E-state index contributed by atoms with van der Waals surface area (Å²) in [6.07, 6.45) is -7.71. The maximum Gasteiger partial charge on any atom is 0.425 e. The van der Waals surface area contributed by atoms with Crippen LogP contribution in [0, 0.1) is 0 Å². The molecule has 0 saturated heterocycles. The first kappa shape index (κ1) is 32.3. The van der Waals surface area contributed by atoms with E-state index in [-0.39, 0.29) is 33.9 Å². The van der Waals surface area contributed by atoms with Gasteiger partial charge in [-0.3, -0.25) is 4.98 Å².